The Morgan fingerprint density at radius 3 is 2.75 bits per heavy atom. The molecule has 1 aromatic heterocycles. The first-order valence-corrected chi connectivity index (χ1v) is 10.6. The zero-order valence-electron chi connectivity index (χ0n) is 17.0. The van der Waals surface area contributed by atoms with E-state index in [9.17, 15) is 29.9 Å². The number of nitrogens with zero attached hydrogens (tertiary/aromatic N) is 4. The van der Waals surface area contributed by atoms with Gasteiger partial charge in [0, 0.05) is 17.4 Å². The third-order valence-corrected chi connectivity index (χ3v) is 6.03. The van der Waals surface area contributed by atoms with Crippen LogP contribution in [0.3, 0.4) is 0 Å². The van der Waals surface area contributed by atoms with Gasteiger partial charge in [-0.05, 0) is 25.0 Å². The number of ether oxygens (including phenoxy) is 1. The number of carboxylic acid groups (broad SMARTS) is 1. The number of nitro groups is 1. The van der Waals surface area contributed by atoms with E-state index in [1.54, 1.807) is 0 Å². The van der Waals surface area contributed by atoms with Crippen molar-refractivity contribution in [1.82, 2.24) is 14.5 Å². The van der Waals surface area contributed by atoms with Gasteiger partial charge in [0.25, 0.3) is 0 Å². The number of aliphatic hydroxyl groups excluding tert-OH is 1. The van der Waals surface area contributed by atoms with Crippen molar-refractivity contribution in [2.45, 2.75) is 30.1 Å². The lowest BCUT2D eigenvalue weighted by Crippen LogP contribution is -2.37. The standard InChI is InChI=1S/C20H22N4O7S/c1-3-5-12-6-7-15-16(17(12)24(29)30)21-18(23(15)19(26)27)32-11-13-9-14(25)10-22(13)20(28)31-8-4-2/h3-4,6-7,13-14,25H,1-2,5,8-11H2,(H,26,27)/t13-,14-/m1/s1. The Morgan fingerprint density at radius 1 is 1.38 bits per heavy atom. The quantitative estimate of drug-likeness (QED) is 0.261. The van der Waals surface area contributed by atoms with E-state index in [0.717, 1.165) is 16.3 Å². The van der Waals surface area contributed by atoms with Crippen molar-refractivity contribution in [3.8, 4) is 0 Å². The molecule has 2 aromatic rings. The number of thioether (sulfide) groups is 1. The molecule has 11 nitrogen and oxygen atoms in total. The molecule has 2 N–H and O–H groups in total. The van der Waals surface area contributed by atoms with Gasteiger partial charge in [-0.25, -0.2) is 19.1 Å². The smallest absolute Gasteiger partial charge is 0.418 e. The molecule has 12 heteroatoms. The van der Waals surface area contributed by atoms with Crippen molar-refractivity contribution >= 4 is 40.7 Å². The molecule has 0 unspecified atom stereocenters. The summed E-state index contributed by atoms with van der Waals surface area (Å²) in [5.74, 6) is 0.212. The van der Waals surface area contributed by atoms with E-state index in [1.165, 1.54) is 29.2 Å². The van der Waals surface area contributed by atoms with Crippen LogP contribution >= 0.6 is 11.8 Å². The summed E-state index contributed by atoms with van der Waals surface area (Å²) in [6.45, 7) is 7.19. The number of hydrogen-bond acceptors (Lipinski definition) is 8. The van der Waals surface area contributed by atoms with Crippen LogP contribution in [0.4, 0.5) is 15.3 Å². The molecule has 2 atom stereocenters. The fraction of sp³-hybridized carbons (Fsp3) is 0.350. The first kappa shape index (κ1) is 23.3. The van der Waals surface area contributed by atoms with Gasteiger partial charge in [0.15, 0.2) is 10.7 Å². The molecule has 0 spiro atoms. The molecular weight excluding hydrogens is 440 g/mol. The maximum atomic E-state index is 12.2. The van der Waals surface area contributed by atoms with Crippen LogP contribution < -0.4 is 0 Å². The van der Waals surface area contributed by atoms with E-state index < -0.39 is 29.3 Å². The van der Waals surface area contributed by atoms with Gasteiger partial charge < -0.3 is 19.8 Å². The molecule has 2 heterocycles. The minimum atomic E-state index is -1.34. The minimum Gasteiger partial charge on any atom is -0.464 e. The molecule has 3 rings (SSSR count). The summed E-state index contributed by atoms with van der Waals surface area (Å²) >= 11 is 1.03. The van der Waals surface area contributed by atoms with E-state index >= 15 is 0 Å². The van der Waals surface area contributed by atoms with E-state index in [4.69, 9.17) is 4.74 Å². The number of benzene rings is 1. The number of nitro benzene ring substituents is 1. The predicted molar refractivity (Wildman–Crippen MR) is 117 cm³/mol. The van der Waals surface area contributed by atoms with Crippen molar-refractivity contribution in [1.29, 1.82) is 0 Å². The molecule has 1 amide bonds. The van der Waals surface area contributed by atoms with Gasteiger partial charge in [0.2, 0.25) is 0 Å². The molecule has 32 heavy (non-hydrogen) atoms. The van der Waals surface area contributed by atoms with Gasteiger partial charge in [-0.15, -0.1) is 6.58 Å². The first-order valence-electron chi connectivity index (χ1n) is 9.66. The average Bonchev–Trinajstić information content (AvgIpc) is 3.30. The molecular formula is C20H22N4O7S. The molecule has 1 aliphatic rings. The topological polar surface area (TPSA) is 148 Å². The van der Waals surface area contributed by atoms with E-state index in [0.29, 0.717) is 5.56 Å². The molecule has 1 saturated heterocycles. The Kier molecular flexibility index (Phi) is 7.15. The highest BCUT2D eigenvalue weighted by Crippen LogP contribution is 2.34. The summed E-state index contributed by atoms with van der Waals surface area (Å²) in [6, 6.07) is 2.54. The van der Waals surface area contributed by atoms with Crippen LogP contribution in [0.1, 0.15) is 12.0 Å². The van der Waals surface area contributed by atoms with Crippen LogP contribution in [-0.2, 0) is 11.2 Å². The van der Waals surface area contributed by atoms with Crippen molar-refractivity contribution < 1.29 is 29.5 Å². The summed E-state index contributed by atoms with van der Waals surface area (Å²) in [6.07, 6.45) is 0.778. The number of amides is 1. The highest BCUT2D eigenvalue weighted by atomic mass is 32.2. The van der Waals surface area contributed by atoms with Crippen LogP contribution in [0.15, 0.2) is 42.6 Å². The fourth-order valence-corrected chi connectivity index (χ4v) is 4.73. The molecule has 1 aromatic carbocycles. The summed E-state index contributed by atoms with van der Waals surface area (Å²) in [5, 5.41) is 31.4. The Labute approximate surface area is 187 Å². The molecule has 0 saturated carbocycles. The van der Waals surface area contributed by atoms with E-state index in [2.05, 4.69) is 18.1 Å². The lowest BCUT2D eigenvalue weighted by molar-refractivity contribution is -0.383. The van der Waals surface area contributed by atoms with Crippen LogP contribution in [-0.4, -0.2) is 72.8 Å². The maximum Gasteiger partial charge on any atom is 0.418 e. The second kappa shape index (κ2) is 9.83. The van der Waals surface area contributed by atoms with Crippen LogP contribution in [0, 0.1) is 10.1 Å². The minimum absolute atomic E-state index is 0.0246. The van der Waals surface area contributed by atoms with Crippen molar-refractivity contribution in [2.24, 2.45) is 0 Å². The number of rotatable bonds is 8. The van der Waals surface area contributed by atoms with Gasteiger partial charge >= 0.3 is 17.9 Å². The van der Waals surface area contributed by atoms with Crippen molar-refractivity contribution in [3.05, 3.63) is 53.1 Å². The molecule has 1 fully saturated rings. The van der Waals surface area contributed by atoms with Gasteiger partial charge in [-0.3, -0.25) is 10.1 Å². The number of aliphatic hydroxyl groups is 1. The average molecular weight is 462 g/mol. The number of carbonyl (C=O) groups excluding carboxylic acids is 1. The van der Waals surface area contributed by atoms with Crippen molar-refractivity contribution in [2.75, 3.05) is 18.9 Å². The lowest BCUT2D eigenvalue weighted by Gasteiger charge is -2.22. The normalized spacial score (nSPS) is 18.0. The van der Waals surface area contributed by atoms with E-state index in [1.807, 2.05) is 0 Å². The van der Waals surface area contributed by atoms with Gasteiger partial charge in [0.05, 0.1) is 23.1 Å². The number of hydrogen-bond donors (Lipinski definition) is 2. The summed E-state index contributed by atoms with van der Waals surface area (Å²) in [7, 11) is 0. The number of carbonyl (C=O) groups is 2. The summed E-state index contributed by atoms with van der Waals surface area (Å²) in [4.78, 5) is 40.9. The molecule has 0 aliphatic carbocycles. The molecule has 0 radical (unpaired) electrons. The Hall–Kier alpha value is -3.38. The largest absolute Gasteiger partial charge is 0.464 e. The van der Waals surface area contributed by atoms with E-state index in [-0.39, 0.29) is 53.6 Å². The van der Waals surface area contributed by atoms with Crippen molar-refractivity contribution in [3.63, 3.8) is 0 Å². The highest BCUT2D eigenvalue weighted by Gasteiger charge is 2.36. The van der Waals surface area contributed by atoms with Crippen LogP contribution in [0.5, 0.6) is 0 Å². The monoisotopic (exact) mass is 462 g/mol. The second-order valence-corrected chi connectivity index (χ2v) is 8.06. The summed E-state index contributed by atoms with van der Waals surface area (Å²) < 4.78 is 5.93. The number of β-amino-alcohol motifs (C(OH)–C–C–N with tert-alkyl or cyclic N) is 1. The Bertz CT molecular complexity index is 1080. The Balaban J connectivity index is 1.93. The maximum absolute atomic E-state index is 12.2. The van der Waals surface area contributed by atoms with Gasteiger partial charge in [0.1, 0.15) is 6.61 Å². The predicted octanol–water partition coefficient (Wildman–Crippen LogP) is 3.05. The second-order valence-electron chi connectivity index (χ2n) is 7.08. The molecule has 1 aliphatic heterocycles. The lowest BCUT2D eigenvalue weighted by atomic mass is 10.1. The number of fused-ring (bicyclic) bond motifs is 1. The van der Waals surface area contributed by atoms with Crippen LogP contribution in [0.2, 0.25) is 0 Å². The Morgan fingerprint density at radius 2 is 2.12 bits per heavy atom. The molecule has 170 valence electrons. The number of allylic oxidation sites excluding steroid dienone is 1. The zero-order valence-corrected chi connectivity index (χ0v) is 17.9. The molecule has 0 bridgehead atoms. The third-order valence-electron chi connectivity index (χ3n) is 4.95. The highest BCUT2D eigenvalue weighted by molar-refractivity contribution is 7.99. The third kappa shape index (κ3) is 4.60. The van der Waals surface area contributed by atoms with Gasteiger partial charge in [-0.2, -0.15) is 0 Å². The number of imidazole rings is 1. The number of likely N-dealkylation sites (tertiary alicyclic amines) is 1. The van der Waals surface area contributed by atoms with Gasteiger partial charge in [-0.1, -0.05) is 30.5 Å². The summed E-state index contributed by atoms with van der Waals surface area (Å²) in [5.41, 5.74) is 0.162. The fourth-order valence-electron chi connectivity index (χ4n) is 3.61. The number of aromatic nitrogens is 2. The van der Waals surface area contributed by atoms with Crippen LogP contribution in [0.25, 0.3) is 11.0 Å². The first-order chi connectivity index (χ1) is 15.3. The SMILES string of the molecule is C=CCOC(=O)N1C[C@H](O)C[C@@H]1CSc1nc2c([N+](=O)[O-])c(CC=C)ccc2n1C(=O)O. The zero-order chi connectivity index (χ0) is 23.4.